The number of hydrogen-bond donors (Lipinski definition) is 3. The average molecular weight is 1590 g/mol. The summed E-state index contributed by atoms with van der Waals surface area (Å²) in [5, 5.41) is 21.4. The number of nitrogens with zero attached hydrogens (tertiary/aromatic N) is 18. The first-order valence-electron chi connectivity index (χ1n) is 38.8. The van der Waals surface area contributed by atoms with E-state index in [2.05, 4.69) is 139 Å². The van der Waals surface area contributed by atoms with Gasteiger partial charge in [-0.2, -0.15) is 30.2 Å². The fourth-order valence-corrected chi connectivity index (χ4v) is 14.4. The molecule has 15 heterocycles. The van der Waals surface area contributed by atoms with Crippen molar-refractivity contribution < 1.29 is 42.8 Å². The molecule has 0 radical (unpaired) electrons. The van der Waals surface area contributed by atoms with Gasteiger partial charge in [-0.1, -0.05) is 62.3 Å². The number of ether oxygens (including phenoxy) is 6. The number of pyridine rings is 6. The number of carbonyl (C=O) groups excluding carboxylic acids is 3. The molecule has 12 aromatic heterocycles. The lowest BCUT2D eigenvalue weighted by atomic mass is 9.92. The molecule has 3 fully saturated rings. The van der Waals surface area contributed by atoms with Crippen molar-refractivity contribution in [1.82, 2.24) is 87.9 Å². The Bertz CT molecular complexity index is 5260. The second kappa shape index (κ2) is 35.3. The highest BCUT2D eigenvalue weighted by atomic mass is 35.5. The summed E-state index contributed by atoms with van der Waals surface area (Å²) in [6.07, 6.45) is 13.9. The lowest BCUT2D eigenvalue weighted by Gasteiger charge is -2.21. The van der Waals surface area contributed by atoms with Gasteiger partial charge in [0.15, 0.2) is 45.8 Å². The molecule has 0 saturated carbocycles. The average Bonchev–Trinajstić information content (AvgIpc) is 1.64. The van der Waals surface area contributed by atoms with Crippen molar-refractivity contribution in [2.45, 2.75) is 178 Å². The van der Waals surface area contributed by atoms with Gasteiger partial charge in [0.2, 0.25) is 17.2 Å². The molecule has 0 aromatic carbocycles. The third-order valence-electron chi connectivity index (χ3n) is 20.1. The van der Waals surface area contributed by atoms with Crippen LogP contribution in [0.2, 0.25) is 5.28 Å². The van der Waals surface area contributed by atoms with Crippen LogP contribution in [0.3, 0.4) is 0 Å². The third-order valence-corrected chi connectivity index (χ3v) is 20.4. The van der Waals surface area contributed by atoms with Crippen molar-refractivity contribution in [2.75, 3.05) is 56.0 Å². The molecule has 4 N–H and O–H groups in total. The molecular weight excluding hydrogens is 1480 g/mol. The van der Waals surface area contributed by atoms with Crippen LogP contribution in [-0.2, 0) is 105 Å². The predicted octanol–water partition coefficient (Wildman–Crippen LogP) is 14.8. The number of rotatable bonds is 22. The SMILES string of the molecule is CC(=O)Cc1cc(Oc2cnc3nc(Cl)n(C)c3c2C)ccn1.CC(=O)Cc1cc(Oc2cnc3nc(Nc4cc(C(C)(C)C)n(CC5CCOC5)n4)n(C)c3c2C)ccn1.CC(=O)Cc1cc(Oc2cnc3nc(Nc4cc(C(C)(C)C)n(CC5CCOC5)n4)n(C)c3c2C)ccn1.CC(C)(C)c1cc(N)nn1CC1CCOC1. The number of Topliss-reactive ketones (excluding diaryl/α,β-unsaturated/α-hetero) is 3. The first kappa shape index (κ1) is 83.4. The van der Waals surface area contributed by atoms with E-state index in [9.17, 15) is 14.4 Å². The summed E-state index contributed by atoms with van der Waals surface area (Å²) in [5.74, 6) is 8.75. The van der Waals surface area contributed by atoms with Gasteiger partial charge in [0.05, 0.1) is 72.0 Å². The molecule has 31 heteroatoms. The van der Waals surface area contributed by atoms with Gasteiger partial charge >= 0.3 is 0 Å². The number of nitrogens with two attached hydrogens (primary N) is 1. The number of fused-ring (bicyclic) bond motifs is 3. The van der Waals surface area contributed by atoms with Gasteiger partial charge in [-0.05, 0) is 90.6 Å². The molecular formula is C84H106ClN21O9. The minimum absolute atomic E-state index is 0.0517. The molecule has 0 amide bonds. The summed E-state index contributed by atoms with van der Waals surface area (Å²) in [4.78, 5) is 73.9. The van der Waals surface area contributed by atoms with E-state index in [4.69, 9.17) is 65.9 Å². The van der Waals surface area contributed by atoms with Gasteiger partial charge in [0.25, 0.3) is 0 Å². The van der Waals surface area contributed by atoms with E-state index >= 15 is 0 Å². The van der Waals surface area contributed by atoms with E-state index in [1.807, 2.05) is 57.1 Å². The van der Waals surface area contributed by atoms with Gasteiger partial charge in [-0.15, -0.1) is 0 Å². The number of aromatic nitrogens is 18. The van der Waals surface area contributed by atoms with Gasteiger partial charge in [-0.25, -0.2) is 15.0 Å². The monoisotopic (exact) mass is 1590 g/mol. The highest BCUT2D eigenvalue weighted by Gasteiger charge is 2.30. The van der Waals surface area contributed by atoms with Crippen LogP contribution >= 0.6 is 11.6 Å². The number of nitrogens with one attached hydrogen (secondary N) is 2. The Morgan fingerprint density at radius 3 is 1.11 bits per heavy atom. The van der Waals surface area contributed by atoms with Crippen molar-refractivity contribution in [2.24, 2.45) is 38.9 Å². The smallest absolute Gasteiger partial charge is 0.210 e. The molecule has 3 aliphatic heterocycles. The number of nitrogen functional groups attached to an aromatic ring is 1. The lowest BCUT2D eigenvalue weighted by Crippen LogP contribution is -2.21. The number of imidazole rings is 3. The number of anilines is 5. The second-order valence-corrected chi connectivity index (χ2v) is 33.4. The standard InChI is InChI=1S/2C28H35N7O3.C16H15ClN4O2.C12H21N3O/c2*1-17(36)11-20-12-21(7-9-29-20)38-22-14-30-26-25(18(22)2)34(6)27(32-26)31-24-13-23(28(3,4)5)35(33-24)15-19-8-10-37-16-19;1-9(22)6-11-7-12(4-5-18-11)23-13-8-19-15-14(10(13)2)21(3)16(17)20-15;1-12(2,3)10-6-11(13)14-15(10)7-9-4-5-16-8-9/h2*7,9,12-14,19H,8,10-11,15-16H2,1-6H3,(H,30,31,32,33);4-5,7-8H,6H2,1-3H3;6,9H,4-5,7-8H2,1-3H3,(H2,13,14). The fourth-order valence-electron chi connectivity index (χ4n) is 14.2. The maximum atomic E-state index is 11.5. The first-order chi connectivity index (χ1) is 54.6. The predicted molar refractivity (Wildman–Crippen MR) is 441 cm³/mol. The van der Waals surface area contributed by atoms with Crippen molar-refractivity contribution in [3.8, 4) is 34.5 Å². The zero-order valence-electron chi connectivity index (χ0n) is 69.2. The fraction of sp³-hybridized carbons (Fsp3) is 0.464. The Morgan fingerprint density at radius 2 is 0.791 bits per heavy atom. The van der Waals surface area contributed by atoms with Gasteiger partial charge in [0.1, 0.15) is 40.4 Å². The number of halogens is 1. The molecule has 3 saturated heterocycles. The van der Waals surface area contributed by atoms with Gasteiger partial charge in [0, 0.05) is 203 Å². The number of carbonyl (C=O) groups is 3. The third kappa shape index (κ3) is 20.7. The van der Waals surface area contributed by atoms with Crippen molar-refractivity contribution in [3.63, 3.8) is 0 Å². The molecule has 3 atom stereocenters. The summed E-state index contributed by atoms with van der Waals surface area (Å²) in [6.45, 7) is 37.8. The summed E-state index contributed by atoms with van der Waals surface area (Å²) < 4.78 is 46.7. The largest absolute Gasteiger partial charge is 0.455 e. The molecule has 3 unspecified atom stereocenters. The zero-order chi connectivity index (χ0) is 82.4. The first-order valence-corrected chi connectivity index (χ1v) is 39.2. The normalized spacial score (nSPS) is 15.6. The van der Waals surface area contributed by atoms with Crippen LogP contribution < -0.4 is 30.6 Å². The van der Waals surface area contributed by atoms with E-state index in [0.717, 1.165) is 135 Å². The van der Waals surface area contributed by atoms with E-state index < -0.39 is 0 Å². The maximum Gasteiger partial charge on any atom is 0.210 e. The molecule has 0 aliphatic carbocycles. The Morgan fingerprint density at radius 1 is 0.470 bits per heavy atom. The van der Waals surface area contributed by atoms with Crippen LogP contribution in [0.4, 0.5) is 29.4 Å². The molecule has 0 spiro atoms. The highest BCUT2D eigenvalue weighted by Crippen LogP contribution is 2.38. The molecule has 115 heavy (non-hydrogen) atoms. The molecule has 3 aliphatic rings. The Labute approximate surface area is 674 Å². The number of aryl methyl sites for hydroxylation is 6. The molecule has 15 rings (SSSR count). The van der Waals surface area contributed by atoms with Crippen molar-refractivity contribution in [3.05, 3.63) is 148 Å². The lowest BCUT2D eigenvalue weighted by molar-refractivity contribution is -0.117. The van der Waals surface area contributed by atoms with Crippen molar-refractivity contribution >= 4 is 91.8 Å². The Kier molecular flexibility index (Phi) is 25.6. The quantitative estimate of drug-likeness (QED) is 0.0567. The van der Waals surface area contributed by atoms with Crippen molar-refractivity contribution in [1.29, 1.82) is 0 Å². The van der Waals surface area contributed by atoms with Gasteiger partial charge < -0.3 is 58.5 Å². The minimum atomic E-state index is -0.0552. The highest BCUT2D eigenvalue weighted by molar-refractivity contribution is 6.29. The maximum absolute atomic E-state index is 11.5. The summed E-state index contributed by atoms with van der Waals surface area (Å²) in [5.41, 5.74) is 18.4. The minimum Gasteiger partial charge on any atom is -0.455 e. The van der Waals surface area contributed by atoms with E-state index in [0.29, 0.717) is 109 Å². The topological polar surface area (TPSA) is 341 Å². The number of hydrogen-bond acceptors (Lipinski definition) is 24. The van der Waals surface area contributed by atoms with E-state index in [1.165, 1.54) is 12.6 Å². The van der Waals surface area contributed by atoms with Crippen LogP contribution in [0, 0.1) is 38.5 Å². The second-order valence-electron chi connectivity index (χ2n) is 33.1. The molecule has 608 valence electrons. The molecule has 0 bridgehead atoms. The van der Waals surface area contributed by atoms with Crippen LogP contribution in [0.25, 0.3) is 33.5 Å². The summed E-state index contributed by atoms with van der Waals surface area (Å²) in [7, 11) is 5.73. The van der Waals surface area contributed by atoms with Gasteiger partial charge in [-0.3, -0.25) is 43.4 Å². The van der Waals surface area contributed by atoms with E-state index in [-0.39, 0.29) is 52.9 Å². The molecule has 12 aromatic rings. The summed E-state index contributed by atoms with van der Waals surface area (Å²) in [6, 6.07) is 16.8. The van der Waals surface area contributed by atoms with E-state index in [1.54, 1.807) is 92.0 Å². The van der Waals surface area contributed by atoms with Crippen LogP contribution in [-0.4, -0.2) is 145 Å². The zero-order valence-corrected chi connectivity index (χ0v) is 69.9. The van der Waals surface area contributed by atoms with Crippen LogP contribution in [0.15, 0.2) is 91.8 Å². The van der Waals surface area contributed by atoms with Crippen LogP contribution in [0.5, 0.6) is 34.5 Å². The molecule has 30 nitrogen and oxygen atoms in total. The summed E-state index contributed by atoms with van der Waals surface area (Å²) >= 11 is 6.04. The Balaban J connectivity index is 0.000000149. The van der Waals surface area contributed by atoms with Crippen LogP contribution in [0.1, 0.15) is 153 Å². The Hall–Kier alpha value is -11.1. The number of ketones is 3.